The zero-order valence-electron chi connectivity index (χ0n) is 9.98. The van der Waals surface area contributed by atoms with Crippen LogP contribution in [0.15, 0.2) is 24.5 Å². The van der Waals surface area contributed by atoms with Crippen LogP contribution < -0.4 is 5.73 Å². The minimum absolute atomic E-state index is 0.0943. The third-order valence-corrected chi connectivity index (χ3v) is 2.85. The van der Waals surface area contributed by atoms with Gasteiger partial charge in [0.05, 0.1) is 12.8 Å². The number of nitrogens with zero attached hydrogens (tertiary/aromatic N) is 2. The van der Waals surface area contributed by atoms with Crippen LogP contribution in [0.1, 0.15) is 16.1 Å². The maximum atomic E-state index is 11.4. The number of hydrogen-bond donors (Lipinski definition) is 1. The molecule has 2 aromatic rings. The summed E-state index contributed by atoms with van der Waals surface area (Å²) in [7, 11) is 1.28. The van der Waals surface area contributed by atoms with Crippen LogP contribution in [0.2, 0.25) is 5.02 Å². The molecule has 0 atom stereocenters. The fraction of sp³-hybridized carbons (Fsp3) is 0.167. The van der Waals surface area contributed by atoms with Crippen LogP contribution in [0.25, 0.3) is 5.69 Å². The fourth-order valence-corrected chi connectivity index (χ4v) is 1.81. The molecular formula is C12H12ClN3O2. The molecule has 2 rings (SSSR count). The lowest BCUT2D eigenvalue weighted by Crippen LogP contribution is -2.08. The Bertz CT molecular complexity index is 607. The minimum Gasteiger partial charge on any atom is -0.464 e. The summed E-state index contributed by atoms with van der Waals surface area (Å²) in [6.07, 6.45) is 1.47. The number of anilines is 1. The van der Waals surface area contributed by atoms with Crippen molar-refractivity contribution in [2.45, 2.75) is 6.92 Å². The van der Waals surface area contributed by atoms with Crippen molar-refractivity contribution < 1.29 is 9.53 Å². The van der Waals surface area contributed by atoms with Crippen LogP contribution in [0, 0.1) is 6.92 Å². The number of benzene rings is 1. The highest BCUT2D eigenvalue weighted by molar-refractivity contribution is 6.30. The fourth-order valence-electron chi connectivity index (χ4n) is 1.65. The van der Waals surface area contributed by atoms with Crippen molar-refractivity contribution in [3.05, 3.63) is 40.8 Å². The van der Waals surface area contributed by atoms with E-state index in [0.29, 0.717) is 5.02 Å². The Hall–Kier alpha value is -2.01. The van der Waals surface area contributed by atoms with Crippen molar-refractivity contribution in [1.29, 1.82) is 0 Å². The van der Waals surface area contributed by atoms with Gasteiger partial charge in [-0.25, -0.2) is 9.78 Å². The summed E-state index contributed by atoms with van der Waals surface area (Å²) >= 11 is 5.95. The van der Waals surface area contributed by atoms with Gasteiger partial charge in [-0.3, -0.25) is 4.57 Å². The van der Waals surface area contributed by atoms with E-state index in [9.17, 15) is 4.79 Å². The number of carbonyl (C=O) groups is 1. The summed E-state index contributed by atoms with van der Waals surface area (Å²) in [6, 6.07) is 5.42. The molecule has 2 N–H and O–H groups in total. The smallest absolute Gasteiger partial charge is 0.360 e. The van der Waals surface area contributed by atoms with E-state index in [2.05, 4.69) is 9.72 Å². The molecule has 0 bridgehead atoms. The zero-order valence-corrected chi connectivity index (χ0v) is 10.7. The molecule has 5 nitrogen and oxygen atoms in total. The highest BCUT2D eigenvalue weighted by Gasteiger charge is 2.17. The molecule has 0 amide bonds. The highest BCUT2D eigenvalue weighted by Crippen LogP contribution is 2.23. The lowest BCUT2D eigenvalue weighted by molar-refractivity contribution is 0.0596. The lowest BCUT2D eigenvalue weighted by Gasteiger charge is -2.09. The van der Waals surface area contributed by atoms with Crippen LogP contribution in [0.3, 0.4) is 0 Å². The Morgan fingerprint density at radius 1 is 1.50 bits per heavy atom. The van der Waals surface area contributed by atoms with Gasteiger partial charge in [-0.15, -0.1) is 0 Å². The summed E-state index contributed by atoms with van der Waals surface area (Å²) in [4.78, 5) is 15.4. The Labute approximate surface area is 109 Å². The Morgan fingerprint density at radius 3 is 2.89 bits per heavy atom. The second-order valence-corrected chi connectivity index (χ2v) is 4.21. The van der Waals surface area contributed by atoms with Crippen LogP contribution in [-0.2, 0) is 4.74 Å². The molecule has 18 heavy (non-hydrogen) atoms. The number of imidazole rings is 1. The first-order valence-corrected chi connectivity index (χ1v) is 5.60. The van der Waals surface area contributed by atoms with E-state index in [4.69, 9.17) is 17.3 Å². The van der Waals surface area contributed by atoms with Crippen molar-refractivity contribution in [1.82, 2.24) is 9.55 Å². The number of nitrogen functional groups attached to an aromatic ring is 1. The number of aryl methyl sites for hydroxylation is 1. The molecule has 0 aliphatic heterocycles. The minimum atomic E-state index is -0.564. The molecule has 1 aromatic carbocycles. The van der Waals surface area contributed by atoms with Gasteiger partial charge in [-0.2, -0.15) is 0 Å². The topological polar surface area (TPSA) is 70.1 Å². The molecule has 1 aromatic heterocycles. The van der Waals surface area contributed by atoms with Crippen LogP contribution in [-0.4, -0.2) is 22.6 Å². The van der Waals surface area contributed by atoms with Crippen molar-refractivity contribution in [2.24, 2.45) is 0 Å². The molecule has 0 aliphatic rings. The predicted octanol–water partition coefficient (Wildman–Crippen LogP) is 2.20. The largest absolute Gasteiger partial charge is 0.464 e. The van der Waals surface area contributed by atoms with Crippen LogP contribution in [0.4, 0.5) is 5.82 Å². The molecule has 0 unspecified atom stereocenters. The zero-order chi connectivity index (χ0) is 13.3. The maximum Gasteiger partial charge on any atom is 0.360 e. The summed E-state index contributed by atoms with van der Waals surface area (Å²) < 4.78 is 6.20. The molecular weight excluding hydrogens is 254 g/mol. The SMILES string of the molecule is COC(=O)c1ncn(-c2cc(Cl)ccc2C)c1N. The van der Waals surface area contributed by atoms with Crippen molar-refractivity contribution in [3.8, 4) is 5.69 Å². The van der Waals surface area contributed by atoms with E-state index >= 15 is 0 Å². The van der Waals surface area contributed by atoms with Gasteiger partial charge in [-0.1, -0.05) is 17.7 Å². The third-order valence-electron chi connectivity index (χ3n) is 2.61. The number of hydrogen-bond acceptors (Lipinski definition) is 4. The van der Waals surface area contributed by atoms with Gasteiger partial charge in [0.2, 0.25) is 0 Å². The van der Waals surface area contributed by atoms with Crippen molar-refractivity contribution >= 4 is 23.4 Å². The summed E-state index contributed by atoms with van der Waals surface area (Å²) in [5.74, 6) is -0.335. The van der Waals surface area contributed by atoms with Gasteiger partial charge in [0.15, 0.2) is 5.69 Å². The van der Waals surface area contributed by atoms with E-state index < -0.39 is 5.97 Å². The normalized spacial score (nSPS) is 10.4. The van der Waals surface area contributed by atoms with Gasteiger partial charge >= 0.3 is 5.97 Å². The number of carbonyl (C=O) groups excluding carboxylic acids is 1. The molecule has 0 radical (unpaired) electrons. The number of nitrogens with two attached hydrogens (primary N) is 1. The van der Waals surface area contributed by atoms with E-state index in [1.54, 1.807) is 16.7 Å². The van der Waals surface area contributed by atoms with E-state index in [-0.39, 0.29) is 11.5 Å². The van der Waals surface area contributed by atoms with Gasteiger partial charge in [0.1, 0.15) is 12.1 Å². The summed E-state index contributed by atoms with van der Waals surface area (Å²) in [5, 5.41) is 0.586. The predicted molar refractivity (Wildman–Crippen MR) is 69.1 cm³/mol. The molecule has 94 valence electrons. The Balaban J connectivity index is 2.55. The number of aromatic nitrogens is 2. The summed E-state index contributed by atoms with van der Waals surface area (Å²) in [5.41, 5.74) is 7.73. The quantitative estimate of drug-likeness (QED) is 0.845. The molecule has 0 saturated carbocycles. The van der Waals surface area contributed by atoms with Crippen LogP contribution >= 0.6 is 11.6 Å². The average Bonchev–Trinajstić information content (AvgIpc) is 2.73. The van der Waals surface area contributed by atoms with Gasteiger partial charge in [0.25, 0.3) is 0 Å². The maximum absolute atomic E-state index is 11.4. The van der Waals surface area contributed by atoms with Gasteiger partial charge < -0.3 is 10.5 Å². The standard InChI is InChI=1S/C12H12ClN3O2/c1-7-3-4-8(13)5-9(7)16-6-15-10(11(16)14)12(17)18-2/h3-6H,14H2,1-2H3. The highest BCUT2D eigenvalue weighted by atomic mass is 35.5. The molecule has 6 heteroatoms. The van der Waals surface area contributed by atoms with E-state index in [1.807, 2.05) is 13.0 Å². The van der Waals surface area contributed by atoms with Gasteiger partial charge in [0, 0.05) is 5.02 Å². The second kappa shape index (κ2) is 4.70. The van der Waals surface area contributed by atoms with Crippen LogP contribution in [0.5, 0.6) is 0 Å². The van der Waals surface area contributed by atoms with E-state index in [0.717, 1.165) is 11.3 Å². The Kier molecular flexibility index (Phi) is 3.25. The molecule has 0 spiro atoms. The summed E-state index contributed by atoms with van der Waals surface area (Å²) in [6.45, 7) is 1.92. The van der Waals surface area contributed by atoms with Crippen molar-refractivity contribution in [3.63, 3.8) is 0 Å². The third kappa shape index (κ3) is 2.04. The molecule has 1 heterocycles. The average molecular weight is 266 g/mol. The number of methoxy groups -OCH3 is 1. The molecule has 0 aliphatic carbocycles. The first kappa shape index (κ1) is 12.4. The molecule has 0 saturated heterocycles. The first-order chi connectivity index (χ1) is 8.54. The molecule has 0 fully saturated rings. The lowest BCUT2D eigenvalue weighted by atomic mass is 10.2. The van der Waals surface area contributed by atoms with E-state index in [1.165, 1.54) is 13.4 Å². The number of halogens is 1. The van der Waals surface area contributed by atoms with Crippen molar-refractivity contribution in [2.75, 3.05) is 12.8 Å². The number of ether oxygens (including phenoxy) is 1. The number of rotatable bonds is 2. The first-order valence-electron chi connectivity index (χ1n) is 5.22. The second-order valence-electron chi connectivity index (χ2n) is 3.77. The monoisotopic (exact) mass is 265 g/mol. The number of esters is 1. The Morgan fingerprint density at radius 2 is 2.22 bits per heavy atom. The van der Waals surface area contributed by atoms with Gasteiger partial charge in [-0.05, 0) is 24.6 Å².